The summed E-state index contributed by atoms with van der Waals surface area (Å²) >= 11 is 4.12. The molecule has 2 saturated carbocycles. The average Bonchev–Trinajstić information content (AvgIpc) is 0.852. The van der Waals surface area contributed by atoms with Crippen molar-refractivity contribution in [1.82, 2.24) is 61.1 Å². The molecule has 4 aromatic heterocycles. The van der Waals surface area contributed by atoms with Gasteiger partial charge in [-0.25, -0.2) is 65.9 Å². The van der Waals surface area contributed by atoms with Gasteiger partial charge in [0.1, 0.15) is 69.3 Å². The molecule has 2 saturated heterocycles. The van der Waals surface area contributed by atoms with Gasteiger partial charge in [0.25, 0.3) is 23.6 Å². The van der Waals surface area contributed by atoms with Crippen LogP contribution in [0.1, 0.15) is 199 Å². The molecule has 0 radical (unpaired) electrons. The first-order valence-corrected chi connectivity index (χ1v) is 47.1. The largest absolute Gasteiger partial charge is 0.394 e. The number of benzene rings is 8. The zero-order valence-electron chi connectivity index (χ0n) is 72.1. The topological polar surface area (TPSA) is 463 Å². The molecule has 17 N–H and O–H groups in total. The van der Waals surface area contributed by atoms with Gasteiger partial charge in [-0.3, -0.25) is 19.2 Å². The Morgan fingerprint density at radius 3 is 1.25 bits per heavy atom. The molecule has 35 heteroatoms. The fraction of sp³-hybridized carbons (Fsp3) is 0.299. The number of anilines is 4. The van der Waals surface area contributed by atoms with E-state index in [1.54, 1.807) is 85.5 Å². The SMILES string of the molecule is CS(=O)(=O)c1cccc(CNC(=O)c2ccc(-c3nc(C4CCOCC4)cnc3N)cc2)c1.NC[C@@H](NC(=O)c1ccc(-c2nc(C3CCC(O)CC3)cnc2N)cc1F)c1cccc(I)c1.Nc1ncc(C2CCC(O)CC2)nc1-c1ccc(C(=O)N[C@H](CO)c2cc(F)cc(I)c2)c(F)c1.Nc1ncc(C2CCOCC2)nc1-c1ccc(C(=O)NCc2ccccc2)c(F)c1. The lowest BCUT2D eigenvalue weighted by Crippen LogP contribution is -2.33. The van der Waals surface area contributed by atoms with E-state index >= 15 is 4.39 Å². The summed E-state index contributed by atoms with van der Waals surface area (Å²) in [6.45, 7) is 3.05. The van der Waals surface area contributed by atoms with Crippen LogP contribution < -0.4 is 49.9 Å². The van der Waals surface area contributed by atoms with Crippen molar-refractivity contribution in [1.29, 1.82) is 0 Å². The van der Waals surface area contributed by atoms with Crippen LogP contribution in [0.3, 0.4) is 0 Å². The van der Waals surface area contributed by atoms with Crippen molar-refractivity contribution in [3.8, 4) is 45.0 Å². The highest BCUT2D eigenvalue weighted by atomic mass is 127. The molecule has 8 aromatic carbocycles. The maximum atomic E-state index is 15.0. The molecule has 4 aliphatic rings. The van der Waals surface area contributed by atoms with Crippen molar-refractivity contribution in [2.24, 2.45) is 5.73 Å². The number of ether oxygens (including phenoxy) is 2. The van der Waals surface area contributed by atoms with E-state index in [9.17, 15) is 56.1 Å². The number of nitrogens with zero attached hydrogens (tertiary/aromatic N) is 8. The number of carbonyl (C=O) groups excluding carboxylic acids is 4. The molecule has 132 heavy (non-hydrogen) atoms. The summed E-state index contributed by atoms with van der Waals surface area (Å²) in [5.74, 6) is -2.86. The van der Waals surface area contributed by atoms with Crippen molar-refractivity contribution in [2.75, 3.05) is 68.8 Å². The van der Waals surface area contributed by atoms with Crippen molar-refractivity contribution < 1.29 is 70.0 Å². The molecule has 4 fully saturated rings. The van der Waals surface area contributed by atoms with Crippen molar-refractivity contribution in [3.63, 3.8) is 0 Å². The van der Waals surface area contributed by atoms with E-state index in [1.165, 1.54) is 60.7 Å². The zero-order valence-corrected chi connectivity index (χ0v) is 77.2. The number of hydrogen-bond acceptors (Lipinski definition) is 24. The maximum Gasteiger partial charge on any atom is 0.254 e. The van der Waals surface area contributed by atoms with E-state index < -0.39 is 69.5 Å². The Morgan fingerprint density at radius 2 is 0.826 bits per heavy atom. The van der Waals surface area contributed by atoms with E-state index in [4.69, 9.17) is 43.1 Å². The third-order valence-corrected chi connectivity index (χ3v) is 25.7. The minimum atomic E-state index is -3.30. The van der Waals surface area contributed by atoms with Gasteiger partial charge in [-0.15, -0.1) is 0 Å². The van der Waals surface area contributed by atoms with Gasteiger partial charge < -0.3 is 74.7 Å². The summed E-state index contributed by atoms with van der Waals surface area (Å²) in [5.41, 5.74) is 40.1. The van der Waals surface area contributed by atoms with Gasteiger partial charge in [0, 0.05) is 111 Å². The summed E-state index contributed by atoms with van der Waals surface area (Å²) in [6, 6.07) is 46.2. The second-order valence-corrected chi connectivity index (χ2v) is 37.1. The van der Waals surface area contributed by atoms with Crippen LogP contribution in [0.5, 0.6) is 0 Å². The number of aliphatic hydroxyl groups excluding tert-OH is 3. The third-order valence-electron chi connectivity index (χ3n) is 23.3. The Bertz CT molecular complexity index is 6180. The molecule has 12 aromatic rings. The summed E-state index contributed by atoms with van der Waals surface area (Å²) in [4.78, 5) is 86.5. The lowest BCUT2D eigenvalue weighted by atomic mass is 9.85. The Kier molecular flexibility index (Phi) is 34.0. The second kappa shape index (κ2) is 45.9. The number of carbonyl (C=O) groups is 4. The number of aromatic nitrogens is 8. The van der Waals surface area contributed by atoms with Gasteiger partial charge in [-0.05, 0) is 235 Å². The van der Waals surface area contributed by atoms with Crippen LogP contribution in [0.4, 0.5) is 40.8 Å². The first kappa shape index (κ1) is 97.6. The van der Waals surface area contributed by atoms with Gasteiger partial charge in [0.15, 0.2) is 9.84 Å². The van der Waals surface area contributed by atoms with E-state index in [1.807, 2.05) is 77.2 Å². The Morgan fingerprint density at radius 1 is 0.432 bits per heavy atom. The van der Waals surface area contributed by atoms with Crippen LogP contribution in [0, 0.1) is 30.4 Å². The van der Waals surface area contributed by atoms with Crippen molar-refractivity contribution in [3.05, 3.63) is 298 Å². The molecule has 0 unspecified atom stereocenters. The molecular formula is C97H101F4I2N17O11S. The van der Waals surface area contributed by atoms with E-state index in [-0.39, 0.29) is 88.0 Å². The number of hydrogen-bond donors (Lipinski definition) is 12. The standard InChI is InChI=1S/C25H25F2IN4O3.C25H27FIN5O2.C24H26N4O4S.C23H23FN4O2/c26-16-7-15(8-17(28)10-16)22(12-33)32-25(35)19-6-3-14(9-20(19)27)23-24(29)30-11-21(31-23)13-1-4-18(34)5-2-13;26-20-11-16(23-24(29)30-13-22(31-23)14-4-7-18(33)8-5-14)6-9-19(20)25(34)32-21(12-28)15-2-1-3-17(27)10-15;1-33(30,31)20-4-2-3-16(13-20)14-27-24(29)19-7-5-18(6-8-19)22-23(25)26-15-21(28-22)17-9-11-32-12-10-17;24-19-12-17(6-7-18(19)23(29)27-13-15-4-2-1-3-5-15)21-22(25)26-14-20(28-21)16-8-10-30-11-9-16/h3,6-11,13,18,22,33-34H,1-2,4-5,12H2,(H2,29,30)(H,32,35);1-3,6,9-11,13-14,18,21,33H,4-5,7-8,12,28H2,(H2,29,30)(H,32,34);2-8,13,15,17H,9-12,14H2,1H3,(H2,25,26)(H,27,29);1-7,12,14,16H,8-11,13H2,(H2,25,26)(H,27,29)/t13?,18?,22-;14?,18?,21-;;/m11../s1. The van der Waals surface area contributed by atoms with E-state index in [2.05, 4.69) is 78.7 Å². The summed E-state index contributed by atoms with van der Waals surface area (Å²) in [6.07, 6.45) is 16.8. The minimum Gasteiger partial charge on any atom is -0.394 e. The lowest BCUT2D eigenvalue weighted by Gasteiger charge is -2.25. The van der Waals surface area contributed by atoms with Crippen LogP contribution in [0.15, 0.2) is 206 Å². The summed E-state index contributed by atoms with van der Waals surface area (Å²) < 4.78 is 94.4. The summed E-state index contributed by atoms with van der Waals surface area (Å²) in [5, 5.41) is 40.1. The highest BCUT2D eigenvalue weighted by Crippen LogP contribution is 2.39. The number of nitrogen functional groups attached to an aromatic ring is 4. The molecule has 2 aliphatic carbocycles. The molecule has 2 aliphatic heterocycles. The highest BCUT2D eigenvalue weighted by molar-refractivity contribution is 14.1. The molecule has 28 nitrogen and oxygen atoms in total. The van der Waals surface area contributed by atoms with Gasteiger partial charge in [0.05, 0.1) is 100 Å². The number of aliphatic hydroxyl groups is 3. The molecule has 4 amide bonds. The lowest BCUT2D eigenvalue weighted by molar-refractivity contribution is 0.0843. The number of rotatable bonds is 23. The van der Waals surface area contributed by atoms with Gasteiger partial charge in [-0.2, -0.15) is 0 Å². The maximum absolute atomic E-state index is 15.0. The van der Waals surface area contributed by atoms with Crippen molar-refractivity contribution in [2.45, 2.75) is 143 Å². The Balaban J connectivity index is 0.000000150. The van der Waals surface area contributed by atoms with E-state index in [0.29, 0.717) is 117 Å². The molecular weight excluding hydrogens is 1940 g/mol. The fourth-order valence-corrected chi connectivity index (χ4v) is 17.8. The van der Waals surface area contributed by atoms with Gasteiger partial charge in [-0.1, -0.05) is 84.9 Å². The third kappa shape index (κ3) is 26.1. The van der Waals surface area contributed by atoms with Crippen LogP contribution >= 0.6 is 45.2 Å². The highest BCUT2D eigenvalue weighted by Gasteiger charge is 2.30. The molecule has 0 spiro atoms. The quantitative estimate of drug-likeness (QED) is 0.0209. The van der Waals surface area contributed by atoms with Crippen LogP contribution in [0.2, 0.25) is 0 Å². The van der Waals surface area contributed by atoms with Crippen LogP contribution in [-0.2, 0) is 32.4 Å². The summed E-state index contributed by atoms with van der Waals surface area (Å²) in [7, 11) is -3.30. The van der Waals surface area contributed by atoms with E-state index in [0.717, 1.165) is 114 Å². The number of nitrogens with one attached hydrogen (secondary N) is 4. The van der Waals surface area contributed by atoms with Gasteiger partial charge in [0.2, 0.25) is 0 Å². The Hall–Kier alpha value is -12.0. The average molecular weight is 2040 g/mol. The molecule has 6 heterocycles. The second-order valence-electron chi connectivity index (χ2n) is 32.6. The van der Waals surface area contributed by atoms with Crippen molar-refractivity contribution >= 4 is 102 Å². The monoisotopic (exact) mass is 2040 g/mol. The zero-order chi connectivity index (χ0) is 93.7. The number of amides is 4. The predicted molar refractivity (Wildman–Crippen MR) is 511 cm³/mol. The number of halogens is 6. The van der Waals surface area contributed by atoms with Gasteiger partial charge >= 0.3 is 0 Å². The minimum absolute atomic E-state index is 0.0261. The molecule has 16 rings (SSSR count). The van der Waals surface area contributed by atoms with Crippen LogP contribution in [-0.4, -0.2) is 145 Å². The Labute approximate surface area is 788 Å². The fourth-order valence-electron chi connectivity index (χ4n) is 15.9. The van der Waals surface area contributed by atoms with Crippen LogP contribution in [0.25, 0.3) is 45.0 Å². The molecule has 2 atom stereocenters. The number of nitrogens with two attached hydrogens (primary N) is 5. The first-order valence-electron chi connectivity index (χ1n) is 43.1. The smallest absolute Gasteiger partial charge is 0.254 e. The molecule has 0 bridgehead atoms. The normalized spacial score (nSPS) is 16.8. The number of sulfone groups is 1. The predicted octanol–water partition coefficient (Wildman–Crippen LogP) is 14.7. The molecule has 688 valence electrons. The first-order chi connectivity index (χ1) is 63.5.